The van der Waals surface area contributed by atoms with E-state index in [-0.39, 0.29) is 5.56 Å². The topological polar surface area (TPSA) is 48.7 Å². The molecule has 0 amide bonds. The van der Waals surface area contributed by atoms with Crippen molar-refractivity contribution in [3.63, 3.8) is 0 Å². The third-order valence-corrected chi connectivity index (χ3v) is 2.90. The van der Waals surface area contributed by atoms with Crippen LogP contribution in [-0.2, 0) is 12.7 Å². The number of anilines is 1. The van der Waals surface area contributed by atoms with Crippen LogP contribution in [0.4, 0.5) is 18.9 Å². The average Bonchev–Trinajstić information content (AvgIpc) is 2.45. The number of nitrogens with one attached hydrogen (secondary N) is 1. The van der Waals surface area contributed by atoms with E-state index in [9.17, 15) is 13.2 Å². The van der Waals surface area contributed by atoms with E-state index in [1.165, 1.54) is 6.07 Å². The maximum Gasteiger partial charge on any atom is 0.416 e. The Labute approximate surface area is 120 Å². The van der Waals surface area contributed by atoms with Gasteiger partial charge in [-0.3, -0.25) is 4.98 Å². The summed E-state index contributed by atoms with van der Waals surface area (Å²) in [4.78, 5) is 4.18. The summed E-state index contributed by atoms with van der Waals surface area (Å²) in [6, 6.07) is 8.53. The molecule has 1 N–H and O–H groups in total. The van der Waals surface area contributed by atoms with E-state index in [0.29, 0.717) is 12.2 Å². The van der Waals surface area contributed by atoms with Gasteiger partial charge in [-0.05, 0) is 36.8 Å². The maximum absolute atomic E-state index is 12.6. The second kappa shape index (κ2) is 5.83. The standard InChI is InChI=1S/C15H12F3N3/c1-10-2-4-13(20-8-10)9-21-14-5-3-12(15(16,17)18)6-11(14)7-19/h2-6,8,21H,9H2,1H3. The van der Waals surface area contributed by atoms with E-state index in [1.807, 2.05) is 19.1 Å². The fourth-order valence-corrected chi connectivity index (χ4v) is 1.76. The Morgan fingerprint density at radius 1 is 1.24 bits per heavy atom. The van der Waals surface area contributed by atoms with Crippen molar-refractivity contribution in [3.8, 4) is 6.07 Å². The number of rotatable bonds is 3. The van der Waals surface area contributed by atoms with Crippen molar-refractivity contribution >= 4 is 5.69 Å². The Morgan fingerprint density at radius 3 is 2.57 bits per heavy atom. The molecular weight excluding hydrogens is 279 g/mol. The molecule has 0 fully saturated rings. The Morgan fingerprint density at radius 2 is 2.00 bits per heavy atom. The van der Waals surface area contributed by atoms with Gasteiger partial charge in [-0.15, -0.1) is 0 Å². The fraction of sp³-hybridized carbons (Fsp3) is 0.200. The molecule has 3 nitrogen and oxygen atoms in total. The van der Waals surface area contributed by atoms with Crippen LogP contribution >= 0.6 is 0 Å². The van der Waals surface area contributed by atoms with E-state index >= 15 is 0 Å². The number of hydrogen-bond acceptors (Lipinski definition) is 3. The van der Waals surface area contributed by atoms with E-state index < -0.39 is 11.7 Å². The molecule has 0 saturated heterocycles. The van der Waals surface area contributed by atoms with E-state index in [4.69, 9.17) is 5.26 Å². The predicted molar refractivity (Wildman–Crippen MR) is 72.5 cm³/mol. The van der Waals surface area contributed by atoms with Crippen molar-refractivity contribution in [2.24, 2.45) is 0 Å². The minimum Gasteiger partial charge on any atom is -0.378 e. The zero-order valence-electron chi connectivity index (χ0n) is 11.2. The smallest absolute Gasteiger partial charge is 0.378 e. The summed E-state index contributed by atoms with van der Waals surface area (Å²) in [6.45, 7) is 2.24. The van der Waals surface area contributed by atoms with Crippen LogP contribution < -0.4 is 5.32 Å². The Kier molecular flexibility index (Phi) is 4.13. The van der Waals surface area contributed by atoms with Gasteiger partial charge in [-0.2, -0.15) is 18.4 Å². The van der Waals surface area contributed by atoms with Crippen molar-refractivity contribution in [1.29, 1.82) is 5.26 Å². The molecule has 0 atom stereocenters. The Hall–Kier alpha value is -2.55. The number of hydrogen-bond donors (Lipinski definition) is 1. The molecule has 0 aliphatic rings. The molecule has 108 valence electrons. The maximum atomic E-state index is 12.6. The highest BCUT2D eigenvalue weighted by Crippen LogP contribution is 2.31. The molecule has 0 unspecified atom stereocenters. The van der Waals surface area contributed by atoms with Gasteiger partial charge in [0.15, 0.2) is 0 Å². The van der Waals surface area contributed by atoms with Gasteiger partial charge in [0.05, 0.1) is 29.1 Å². The van der Waals surface area contributed by atoms with Crippen LogP contribution in [0.15, 0.2) is 36.5 Å². The highest BCUT2D eigenvalue weighted by atomic mass is 19.4. The van der Waals surface area contributed by atoms with Crippen LogP contribution in [0.2, 0.25) is 0 Å². The quantitative estimate of drug-likeness (QED) is 0.933. The minimum atomic E-state index is -4.46. The van der Waals surface area contributed by atoms with Gasteiger partial charge in [0.25, 0.3) is 0 Å². The van der Waals surface area contributed by atoms with Crippen LogP contribution in [-0.4, -0.2) is 4.98 Å². The molecule has 0 aliphatic carbocycles. The third kappa shape index (κ3) is 3.72. The molecule has 0 spiro atoms. The monoisotopic (exact) mass is 291 g/mol. The number of nitriles is 1. The van der Waals surface area contributed by atoms with Crippen LogP contribution in [0.5, 0.6) is 0 Å². The Bertz CT molecular complexity index is 670. The number of aromatic nitrogens is 1. The molecule has 2 aromatic rings. The average molecular weight is 291 g/mol. The first kappa shape index (κ1) is 14.9. The first-order chi connectivity index (χ1) is 9.90. The minimum absolute atomic E-state index is 0.0445. The molecule has 0 aliphatic heterocycles. The van der Waals surface area contributed by atoms with Gasteiger partial charge in [0.1, 0.15) is 6.07 Å². The first-order valence-electron chi connectivity index (χ1n) is 6.17. The summed E-state index contributed by atoms with van der Waals surface area (Å²) < 4.78 is 37.8. The van der Waals surface area contributed by atoms with Gasteiger partial charge < -0.3 is 5.32 Å². The van der Waals surface area contributed by atoms with Gasteiger partial charge in [-0.25, -0.2) is 0 Å². The Balaban J connectivity index is 2.17. The van der Waals surface area contributed by atoms with Crippen molar-refractivity contribution in [1.82, 2.24) is 4.98 Å². The van der Waals surface area contributed by atoms with Crippen LogP contribution in [0.1, 0.15) is 22.4 Å². The van der Waals surface area contributed by atoms with Crippen LogP contribution in [0, 0.1) is 18.3 Å². The van der Waals surface area contributed by atoms with Crippen LogP contribution in [0.25, 0.3) is 0 Å². The van der Waals surface area contributed by atoms with Crippen molar-refractivity contribution in [3.05, 3.63) is 58.9 Å². The lowest BCUT2D eigenvalue weighted by Gasteiger charge is -2.11. The lowest BCUT2D eigenvalue weighted by atomic mass is 10.1. The largest absolute Gasteiger partial charge is 0.416 e. The van der Waals surface area contributed by atoms with Crippen molar-refractivity contribution in [2.75, 3.05) is 5.32 Å². The summed E-state index contributed by atoms with van der Waals surface area (Å²) in [7, 11) is 0. The number of aryl methyl sites for hydroxylation is 1. The molecule has 1 aromatic heterocycles. The lowest BCUT2D eigenvalue weighted by Crippen LogP contribution is -2.07. The van der Waals surface area contributed by atoms with E-state index in [0.717, 1.165) is 23.4 Å². The normalized spacial score (nSPS) is 11.0. The third-order valence-electron chi connectivity index (χ3n) is 2.90. The first-order valence-corrected chi connectivity index (χ1v) is 6.17. The zero-order valence-corrected chi connectivity index (χ0v) is 11.2. The summed E-state index contributed by atoms with van der Waals surface area (Å²) in [5, 5.41) is 11.9. The second-order valence-corrected chi connectivity index (χ2v) is 4.55. The van der Waals surface area contributed by atoms with Gasteiger partial charge in [0.2, 0.25) is 0 Å². The van der Waals surface area contributed by atoms with Gasteiger partial charge >= 0.3 is 6.18 Å². The summed E-state index contributed by atoms with van der Waals surface area (Å²) in [6.07, 6.45) is -2.75. The second-order valence-electron chi connectivity index (χ2n) is 4.55. The lowest BCUT2D eigenvalue weighted by molar-refractivity contribution is -0.137. The number of alkyl halides is 3. The molecule has 1 heterocycles. The molecule has 0 bridgehead atoms. The van der Waals surface area contributed by atoms with Gasteiger partial charge in [0, 0.05) is 6.20 Å². The molecule has 6 heteroatoms. The molecule has 0 radical (unpaired) electrons. The number of benzene rings is 1. The summed E-state index contributed by atoms with van der Waals surface area (Å²) in [5.41, 5.74) is 1.23. The SMILES string of the molecule is Cc1ccc(CNc2ccc(C(F)(F)F)cc2C#N)nc1. The van der Waals surface area contributed by atoms with Crippen molar-refractivity contribution < 1.29 is 13.2 Å². The van der Waals surface area contributed by atoms with E-state index in [1.54, 1.807) is 12.3 Å². The van der Waals surface area contributed by atoms with Crippen molar-refractivity contribution in [2.45, 2.75) is 19.6 Å². The molecular formula is C15H12F3N3. The summed E-state index contributed by atoms with van der Waals surface area (Å²) in [5.74, 6) is 0. The molecule has 1 aromatic carbocycles. The molecule has 0 saturated carbocycles. The van der Waals surface area contributed by atoms with E-state index in [2.05, 4.69) is 10.3 Å². The molecule has 2 rings (SSSR count). The number of halogens is 3. The number of pyridine rings is 1. The predicted octanol–water partition coefficient (Wildman–Crippen LogP) is 3.89. The highest BCUT2D eigenvalue weighted by Gasteiger charge is 2.31. The molecule has 21 heavy (non-hydrogen) atoms. The zero-order chi connectivity index (χ0) is 15.5. The number of nitrogens with zero attached hydrogens (tertiary/aromatic N) is 2. The van der Waals surface area contributed by atoms with Crippen LogP contribution in [0.3, 0.4) is 0 Å². The van der Waals surface area contributed by atoms with Gasteiger partial charge in [-0.1, -0.05) is 6.07 Å². The fourth-order valence-electron chi connectivity index (χ4n) is 1.76. The highest BCUT2D eigenvalue weighted by molar-refractivity contribution is 5.59. The summed E-state index contributed by atoms with van der Waals surface area (Å²) >= 11 is 0.